The molecule has 3 heterocycles. The standard InChI is InChI=1S/C16H20F2N2O/c1-10-6-11(9-19-8-10)13-5-4-12-7-15(2,16(3,17)18)14(21)20(12)13/h6,8-9,12-13H,4-5,7H2,1-3H3/t12-,13-,15-/m1/s1. The maximum atomic E-state index is 13.9. The van der Waals surface area contributed by atoms with Gasteiger partial charge in [0.25, 0.3) is 5.92 Å². The molecule has 1 aromatic rings. The zero-order valence-corrected chi connectivity index (χ0v) is 12.6. The highest BCUT2D eigenvalue weighted by molar-refractivity contribution is 5.87. The monoisotopic (exact) mass is 294 g/mol. The van der Waals surface area contributed by atoms with Gasteiger partial charge >= 0.3 is 0 Å². The van der Waals surface area contributed by atoms with E-state index in [4.69, 9.17) is 0 Å². The Kier molecular flexibility index (Phi) is 3.08. The maximum absolute atomic E-state index is 13.9. The predicted octanol–water partition coefficient (Wildman–Crippen LogP) is 3.49. The van der Waals surface area contributed by atoms with Crippen molar-refractivity contribution < 1.29 is 13.6 Å². The third-order valence-electron chi connectivity index (χ3n) is 5.10. The van der Waals surface area contributed by atoms with Gasteiger partial charge in [-0.3, -0.25) is 9.78 Å². The Morgan fingerprint density at radius 2 is 2.10 bits per heavy atom. The van der Waals surface area contributed by atoms with Crippen molar-refractivity contribution in [2.75, 3.05) is 0 Å². The first-order valence-electron chi connectivity index (χ1n) is 7.36. The second-order valence-corrected chi connectivity index (χ2v) is 6.68. The van der Waals surface area contributed by atoms with Gasteiger partial charge in [0.05, 0.1) is 6.04 Å². The lowest BCUT2D eigenvalue weighted by Crippen LogP contribution is -2.44. The van der Waals surface area contributed by atoms with Crippen LogP contribution in [0.1, 0.15) is 50.3 Å². The minimum atomic E-state index is -3.00. The highest BCUT2D eigenvalue weighted by Gasteiger charge is 2.62. The number of hydrogen-bond acceptors (Lipinski definition) is 2. The predicted molar refractivity (Wildman–Crippen MR) is 74.9 cm³/mol. The molecule has 2 aliphatic rings. The minimum absolute atomic E-state index is 0.0705. The SMILES string of the molecule is Cc1cncc([C@H]2CC[C@@H]3C[C@@](C)(C(C)(F)F)C(=O)N32)c1. The zero-order valence-electron chi connectivity index (χ0n) is 12.6. The van der Waals surface area contributed by atoms with Gasteiger partial charge in [-0.15, -0.1) is 0 Å². The molecule has 2 saturated heterocycles. The van der Waals surface area contributed by atoms with Crippen LogP contribution in [-0.4, -0.2) is 27.8 Å². The first-order chi connectivity index (χ1) is 9.74. The van der Waals surface area contributed by atoms with Crippen molar-refractivity contribution >= 4 is 5.91 Å². The summed E-state index contributed by atoms with van der Waals surface area (Å²) in [6, 6.07) is 1.81. The van der Waals surface area contributed by atoms with Crippen LogP contribution in [0.2, 0.25) is 0 Å². The van der Waals surface area contributed by atoms with Crippen LogP contribution in [0.4, 0.5) is 8.78 Å². The number of pyridine rings is 1. The Labute approximate surface area is 123 Å². The topological polar surface area (TPSA) is 33.2 Å². The van der Waals surface area contributed by atoms with Gasteiger partial charge in [0, 0.05) is 25.4 Å². The van der Waals surface area contributed by atoms with Gasteiger partial charge in [-0.1, -0.05) is 6.07 Å². The number of alkyl halides is 2. The number of amides is 1. The number of rotatable bonds is 2. The molecule has 3 nitrogen and oxygen atoms in total. The van der Waals surface area contributed by atoms with Crippen LogP contribution in [-0.2, 0) is 4.79 Å². The molecule has 0 radical (unpaired) electrons. The lowest BCUT2D eigenvalue weighted by molar-refractivity contribution is -0.156. The number of aromatic nitrogens is 1. The van der Waals surface area contributed by atoms with Crippen LogP contribution in [0, 0.1) is 12.3 Å². The normalized spacial score (nSPS) is 32.6. The fourth-order valence-electron chi connectivity index (χ4n) is 3.69. The van der Waals surface area contributed by atoms with E-state index in [0.29, 0.717) is 0 Å². The van der Waals surface area contributed by atoms with E-state index in [0.717, 1.165) is 30.9 Å². The Morgan fingerprint density at radius 3 is 2.71 bits per heavy atom. The van der Waals surface area contributed by atoms with Gasteiger partial charge in [0.1, 0.15) is 5.41 Å². The van der Waals surface area contributed by atoms with Crippen molar-refractivity contribution in [1.82, 2.24) is 9.88 Å². The largest absolute Gasteiger partial charge is 0.332 e. The van der Waals surface area contributed by atoms with Crippen LogP contribution in [0.25, 0.3) is 0 Å². The Morgan fingerprint density at radius 1 is 1.38 bits per heavy atom. The molecule has 0 bridgehead atoms. The molecule has 114 valence electrons. The second kappa shape index (κ2) is 4.49. The molecular weight excluding hydrogens is 274 g/mol. The molecule has 0 saturated carbocycles. The van der Waals surface area contributed by atoms with Crippen molar-refractivity contribution in [3.8, 4) is 0 Å². The Balaban J connectivity index is 1.95. The van der Waals surface area contributed by atoms with Crippen LogP contribution in [0.5, 0.6) is 0 Å². The van der Waals surface area contributed by atoms with Gasteiger partial charge in [0.15, 0.2) is 0 Å². The quantitative estimate of drug-likeness (QED) is 0.836. The average molecular weight is 294 g/mol. The highest BCUT2D eigenvalue weighted by atomic mass is 19.3. The third kappa shape index (κ3) is 2.05. The maximum Gasteiger partial charge on any atom is 0.259 e. The minimum Gasteiger partial charge on any atom is -0.332 e. The van der Waals surface area contributed by atoms with E-state index in [9.17, 15) is 13.6 Å². The third-order valence-corrected chi connectivity index (χ3v) is 5.10. The van der Waals surface area contributed by atoms with Crippen LogP contribution >= 0.6 is 0 Å². The molecule has 5 heteroatoms. The summed E-state index contributed by atoms with van der Waals surface area (Å²) in [5, 5.41) is 0. The highest BCUT2D eigenvalue weighted by Crippen LogP contribution is 2.54. The zero-order chi connectivity index (χ0) is 15.4. The summed E-state index contributed by atoms with van der Waals surface area (Å²) in [4.78, 5) is 18.5. The lowest BCUT2D eigenvalue weighted by Gasteiger charge is -2.31. The molecule has 0 aromatic carbocycles. The molecule has 21 heavy (non-hydrogen) atoms. The van der Waals surface area contributed by atoms with E-state index in [2.05, 4.69) is 4.98 Å². The molecule has 0 spiro atoms. The number of hydrogen-bond donors (Lipinski definition) is 0. The van der Waals surface area contributed by atoms with Crippen molar-refractivity contribution in [2.24, 2.45) is 5.41 Å². The average Bonchev–Trinajstić information content (AvgIpc) is 2.89. The van der Waals surface area contributed by atoms with Crippen molar-refractivity contribution in [3.05, 3.63) is 29.6 Å². The Bertz CT molecular complexity index is 584. The number of carbonyl (C=O) groups is 1. The molecule has 0 aliphatic carbocycles. The lowest BCUT2D eigenvalue weighted by atomic mass is 9.80. The van der Waals surface area contributed by atoms with E-state index in [1.54, 1.807) is 17.3 Å². The fraction of sp³-hybridized carbons (Fsp3) is 0.625. The number of fused-ring (bicyclic) bond motifs is 1. The Hall–Kier alpha value is -1.52. The van der Waals surface area contributed by atoms with E-state index >= 15 is 0 Å². The van der Waals surface area contributed by atoms with E-state index in [-0.39, 0.29) is 18.5 Å². The van der Waals surface area contributed by atoms with Gasteiger partial charge in [-0.05, 0) is 44.2 Å². The summed E-state index contributed by atoms with van der Waals surface area (Å²) in [5.74, 6) is -3.41. The fourth-order valence-corrected chi connectivity index (χ4v) is 3.69. The molecule has 1 aromatic heterocycles. The number of halogens is 2. The number of nitrogens with zero attached hydrogens (tertiary/aromatic N) is 2. The molecule has 0 N–H and O–H groups in total. The van der Waals surface area contributed by atoms with Gasteiger partial charge in [-0.25, -0.2) is 8.78 Å². The van der Waals surface area contributed by atoms with Crippen LogP contribution in [0.3, 0.4) is 0 Å². The van der Waals surface area contributed by atoms with Gasteiger partial charge in [-0.2, -0.15) is 0 Å². The summed E-state index contributed by atoms with van der Waals surface area (Å²) in [6.07, 6.45) is 5.35. The second-order valence-electron chi connectivity index (χ2n) is 6.68. The molecule has 3 rings (SSSR count). The van der Waals surface area contributed by atoms with Gasteiger partial charge in [0.2, 0.25) is 5.91 Å². The summed E-state index contributed by atoms with van der Waals surface area (Å²) < 4.78 is 27.8. The molecular formula is C16H20F2N2O. The van der Waals surface area contributed by atoms with Crippen molar-refractivity contribution in [2.45, 2.75) is 58.0 Å². The molecule has 1 amide bonds. The molecule has 0 unspecified atom stereocenters. The molecule has 3 atom stereocenters. The van der Waals surface area contributed by atoms with E-state index < -0.39 is 17.2 Å². The van der Waals surface area contributed by atoms with Crippen LogP contribution < -0.4 is 0 Å². The summed E-state index contributed by atoms with van der Waals surface area (Å²) >= 11 is 0. The van der Waals surface area contributed by atoms with E-state index in [1.165, 1.54) is 6.92 Å². The smallest absolute Gasteiger partial charge is 0.259 e. The van der Waals surface area contributed by atoms with Crippen LogP contribution in [0.15, 0.2) is 18.5 Å². The summed E-state index contributed by atoms with van der Waals surface area (Å²) in [5.41, 5.74) is 0.397. The number of carbonyl (C=O) groups excluding carboxylic acids is 1. The number of aryl methyl sites for hydroxylation is 1. The first kappa shape index (κ1) is 14.4. The van der Waals surface area contributed by atoms with Crippen molar-refractivity contribution in [1.29, 1.82) is 0 Å². The van der Waals surface area contributed by atoms with Gasteiger partial charge < -0.3 is 4.90 Å². The summed E-state index contributed by atoms with van der Waals surface area (Å²) in [7, 11) is 0. The molecule has 2 aliphatic heterocycles. The summed E-state index contributed by atoms with van der Waals surface area (Å²) in [6.45, 7) is 4.20. The van der Waals surface area contributed by atoms with E-state index in [1.807, 2.05) is 13.0 Å². The molecule has 2 fully saturated rings. The van der Waals surface area contributed by atoms with Crippen molar-refractivity contribution in [3.63, 3.8) is 0 Å². The first-order valence-corrected chi connectivity index (χ1v) is 7.36.